The predicted molar refractivity (Wildman–Crippen MR) is 269 cm³/mol. The zero-order valence-electron chi connectivity index (χ0n) is 41.2. The van der Waals surface area contributed by atoms with Crippen LogP contribution < -0.4 is 19.7 Å². The van der Waals surface area contributed by atoms with E-state index in [1.807, 2.05) is 4.72 Å². The number of benzene rings is 2. The summed E-state index contributed by atoms with van der Waals surface area (Å²) in [6, 6.07) is 16.5. The van der Waals surface area contributed by atoms with Gasteiger partial charge in [-0.25, -0.2) is 27.5 Å². The topological polar surface area (TPSA) is 225 Å². The molecule has 2 aromatic carbocycles. The normalized spacial score (nSPS) is 21.9. The van der Waals surface area contributed by atoms with Gasteiger partial charge in [0, 0.05) is 81.9 Å². The fraction of sp³-hybridized carbons (Fsp3) is 0.500. The largest absolute Gasteiger partial charge is 0.469 e. The molecule has 4 aliphatic rings. The van der Waals surface area contributed by atoms with Crippen molar-refractivity contribution in [2.45, 2.75) is 107 Å². The van der Waals surface area contributed by atoms with Crippen LogP contribution in [0.2, 0.25) is 0 Å². The van der Waals surface area contributed by atoms with Gasteiger partial charge < -0.3 is 29.8 Å². The number of aromatic amines is 1. The fourth-order valence-corrected chi connectivity index (χ4v) is 12.2. The number of hydrogen-bond acceptors (Lipinski definition) is 15. The van der Waals surface area contributed by atoms with Gasteiger partial charge in [0.25, 0.3) is 15.9 Å². The van der Waals surface area contributed by atoms with E-state index in [1.165, 1.54) is 42.8 Å². The maximum atomic E-state index is 14.7. The minimum absolute atomic E-state index is 0.00684. The summed E-state index contributed by atoms with van der Waals surface area (Å²) >= 11 is 0. The average Bonchev–Trinajstić information content (AvgIpc) is 3.73. The zero-order valence-corrected chi connectivity index (χ0v) is 42.1. The fourth-order valence-electron chi connectivity index (χ4n) is 11.2. The van der Waals surface area contributed by atoms with E-state index in [4.69, 9.17) is 9.47 Å². The second kappa shape index (κ2) is 20.7. The molecule has 0 unspecified atom stereocenters. The number of pyridine rings is 2. The van der Waals surface area contributed by atoms with E-state index >= 15 is 0 Å². The Bertz CT molecular complexity index is 2920. The summed E-state index contributed by atoms with van der Waals surface area (Å²) < 4.78 is 55.5. The molecule has 20 heteroatoms. The number of halogens is 1. The number of esters is 1. The summed E-state index contributed by atoms with van der Waals surface area (Å²) in [4.78, 5) is 55.4. The van der Waals surface area contributed by atoms with Crippen molar-refractivity contribution in [3.63, 3.8) is 0 Å². The van der Waals surface area contributed by atoms with Gasteiger partial charge in [0.15, 0.2) is 0 Å². The van der Waals surface area contributed by atoms with Crippen LogP contribution in [-0.2, 0) is 19.6 Å². The first-order valence-electron chi connectivity index (χ1n) is 24.9. The van der Waals surface area contributed by atoms with Crippen molar-refractivity contribution in [1.29, 1.82) is 0 Å². The summed E-state index contributed by atoms with van der Waals surface area (Å²) in [6.07, 6.45) is 10.5. The second-order valence-electron chi connectivity index (χ2n) is 20.8. The number of piperidine rings is 1. The average molecular weight is 1010 g/mol. The maximum absolute atomic E-state index is 14.7. The molecule has 72 heavy (non-hydrogen) atoms. The third-order valence-electron chi connectivity index (χ3n) is 15.5. The Labute approximate surface area is 418 Å². The Kier molecular flexibility index (Phi) is 14.6. The van der Waals surface area contributed by atoms with Gasteiger partial charge in [-0.3, -0.25) is 29.5 Å². The van der Waals surface area contributed by atoms with Crippen LogP contribution in [0.5, 0.6) is 11.5 Å². The van der Waals surface area contributed by atoms with Gasteiger partial charge in [0.2, 0.25) is 5.82 Å². The molecule has 4 fully saturated rings. The van der Waals surface area contributed by atoms with Crippen molar-refractivity contribution in [1.82, 2.24) is 29.5 Å². The number of aliphatic hydroxyl groups is 1. The van der Waals surface area contributed by atoms with Gasteiger partial charge in [-0.2, -0.15) is 0 Å². The number of hydrogen-bond donors (Lipinski definition) is 4. The molecule has 384 valence electrons. The summed E-state index contributed by atoms with van der Waals surface area (Å²) in [5.41, 5.74) is 2.41. The number of piperazine rings is 1. The number of aromatic nitrogens is 3. The lowest BCUT2D eigenvalue weighted by atomic mass is 9.59. The number of carbonyl (C=O) groups excluding carboxylic acids is 2. The Hall–Kier alpha value is -6.22. The number of methoxy groups -OCH3 is 1. The number of fused-ring (bicyclic) bond motifs is 1. The third kappa shape index (κ3) is 11.1. The highest BCUT2D eigenvalue weighted by atomic mass is 32.2. The molecule has 1 atom stereocenters. The molecular weight excluding hydrogens is 946 g/mol. The van der Waals surface area contributed by atoms with Crippen LogP contribution in [0.25, 0.3) is 11.0 Å². The molecule has 2 aliphatic carbocycles. The molecule has 2 saturated carbocycles. The van der Waals surface area contributed by atoms with Gasteiger partial charge in [0.1, 0.15) is 27.9 Å². The van der Waals surface area contributed by atoms with Crippen LogP contribution >= 0.6 is 0 Å². The molecule has 2 aliphatic heterocycles. The second-order valence-corrected chi connectivity index (χ2v) is 22.4. The first-order chi connectivity index (χ1) is 34.4. The predicted octanol–water partition coefficient (Wildman–Crippen LogP) is 8.06. The molecule has 1 spiro atoms. The van der Waals surface area contributed by atoms with Gasteiger partial charge in [-0.1, -0.05) is 38.1 Å². The Balaban J connectivity index is 0.901. The highest BCUT2D eigenvalue weighted by molar-refractivity contribution is 7.90. The summed E-state index contributed by atoms with van der Waals surface area (Å²) in [6.45, 7) is 11.3. The summed E-state index contributed by atoms with van der Waals surface area (Å²) in [5, 5.41) is 25.6. The lowest BCUT2D eigenvalue weighted by molar-refractivity contribution is -0.384. The number of sulfonamides is 1. The minimum Gasteiger partial charge on any atom is -0.469 e. The van der Waals surface area contributed by atoms with E-state index in [2.05, 4.69) is 73.1 Å². The van der Waals surface area contributed by atoms with E-state index in [-0.39, 0.29) is 51.6 Å². The molecule has 0 radical (unpaired) electrons. The van der Waals surface area contributed by atoms with Crippen molar-refractivity contribution in [2.75, 3.05) is 63.1 Å². The number of anilines is 2. The molecule has 5 aromatic rings. The summed E-state index contributed by atoms with van der Waals surface area (Å²) in [7, 11) is -3.28. The van der Waals surface area contributed by atoms with Gasteiger partial charge in [0.05, 0.1) is 47.4 Å². The molecule has 0 bridgehead atoms. The SMILES string of the molecule is COC(=O)CCN1CCN(C2CC3(CCN(c4ccc(C(=O)NS(=O)(=O)c5cnc(NCC6CCC(C)(O)CC6)c([N+](=O)[O-])c5)c(Oc5cnc6[nH]cc(F)c6c5)c4)CC3)C2)[C@H](c2ccccc2C(C)C)C1. The molecule has 9 rings (SSSR count). The van der Waals surface area contributed by atoms with Crippen LogP contribution in [0.4, 0.5) is 21.6 Å². The van der Waals surface area contributed by atoms with Crippen LogP contribution in [-0.4, -0.2) is 120 Å². The molecule has 4 N–H and O–H groups in total. The highest BCUT2D eigenvalue weighted by Crippen LogP contribution is 2.53. The van der Waals surface area contributed by atoms with Gasteiger partial charge >= 0.3 is 11.7 Å². The van der Waals surface area contributed by atoms with Crippen molar-refractivity contribution in [3.05, 3.63) is 106 Å². The maximum Gasteiger partial charge on any atom is 0.312 e. The molecule has 2 saturated heterocycles. The van der Waals surface area contributed by atoms with Crippen molar-refractivity contribution in [3.8, 4) is 11.5 Å². The third-order valence-corrected chi connectivity index (χ3v) is 16.8. The molecule has 1 amide bonds. The first-order valence-corrected chi connectivity index (χ1v) is 26.4. The number of H-pyrrole nitrogens is 1. The Morgan fingerprint density at radius 1 is 1.01 bits per heavy atom. The van der Waals surface area contributed by atoms with Gasteiger partial charge in [-0.15, -0.1) is 0 Å². The number of amides is 1. The van der Waals surface area contributed by atoms with Crippen molar-refractivity contribution < 1.29 is 41.9 Å². The van der Waals surface area contributed by atoms with E-state index in [1.54, 1.807) is 19.1 Å². The number of nitrogens with zero attached hydrogens (tertiary/aromatic N) is 6. The van der Waals surface area contributed by atoms with Crippen LogP contribution in [0.1, 0.15) is 112 Å². The van der Waals surface area contributed by atoms with Crippen LogP contribution in [0, 0.1) is 27.3 Å². The number of rotatable bonds is 16. The Morgan fingerprint density at radius 2 is 1.76 bits per heavy atom. The minimum atomic E-state index is -4.71. The number of nitrogens with one attached hydrogen (secondary N) is 3. The van der Waals surface area contributed by atoms with E-state index in [0.29, 0.717) is 62.8 Å². The smallest absolute Gasteiger partial charge is 0.312 e. The highest BCUT2D eigenvalue weighted by Gasteiger charge is 2.50. The number of nitro groups is 1. The lowest BCUT2D eigenvalue weighted by Gasteiger charge is -2.58. The van der Waals surface area contributed by atoms with E-state index < -0.39 is 42.9 Å². The van der Waals surface area contributed by atoms with Gasteiger partial charge in [-0.05, 0) is 105 Å². The van der Waals surface area contributed by atoms with E-state index in [9.17, 15) is 37.6 Å². The van der Waals surface area contributed by atoms with Crippen molar-refractivity contribution >= 4 is 50.1 Å². The quantitative estimate of drug-likeness (QED) is 0.0417. The molecule has 3 aromatic heterocycles. The zero-order chi connectivity index (χ0) is 51.0. The van der Waals surface area contributed by atoms with Crippen molar-refractivity contribution in [2.24, 2.45) is 11.3 Å². The molecule has 5 heterocycles. The lowest BCUT2D eigenvalue weighted by Crippen LogP contribution is -2.60. The Morgan fingerprint density at radius 3 is 2.49 bits per heavy atom. The number of carbonyl (C=O) groups is 2. The molecule has 18 nitrogen and oxygen atoms in total. The van der Waals surface area contributed by atoms with Crippen LogP contribution in [0.3, 0.4) is 0 Å². The number of ether oxygens (including phenoxy) is 2. The summed E-state index contributed by atoms with van der Waals surface area (Å²) in [5.74, 6) is -1.33. The van der Waals surface area contributed by atoms with E-state index in [0.717, 1.165) is 76.4 Å². The first kappa shape index (κ1) is 50.7. The standard InChI is InChI=1S/C52H64FN9O9S/c1-33(2)39-7-5-6-8-40(39)45-32-59(18-13-47(63)70-4)21-22-61(45)36-26-52(27-36)16-19-60(20-17-52)35-9-10-41(46(23-35)71-37-24-42-43(53)31-57-48(42)55-29-37)50(64)58-72(68,69)38-25-44(62(66)67)49(56-30-38)54-28-34-11-14-51(3,65)15-12-34/h5-10,23-25,29-31,33-34,36,45,65H,11-22,26-28,32H2,1-4H3,(H,54,56)(H,55,57)(H,58,64)/t34?,45-,51?/m0/s1. The monoisotopic (exact) mass is 1010 g/mol. The van der Waals surface area contributed by atoms with Crippen LogP contribution in [0.15, 0.2) is 78.1 Å². The molecular formula is C52H64FN9O9S.